The monoisotopic (exact) mass is 344 g/mol. The van der Waals surface area contributed by atoms with Crippen molar-refractivity contribution in [1.82, 2.24) is 10.2 Å². The van der Waals surface area contributed by atoms with E-state index in [0.29, 0.717) is 11.4 Å². The maximum Gasteiger partial charge on any atom is 0.345 e. The first-order valence-electron chi connectivity index (χ1n) is 8.04. The fraction of sp³-hybridized carbons (Fsp3) is 0.333. The number of rotatable bonds is 6. The van der Waals surface area contributed by atoms with Crippen LogP contribution in [0.3, 0.4) is 0 Å². The summed E-state index contributed by atoms with van der Waals surface area (Å²) < 4.78 is 0. The normalized spacial score (nSPS) is 14.2. The van der Waals surface area contributed by atoms with Crippen molar-refractivity contribution >= 4 is 23.2 Å². The molecule has 0 spiro atoms. The van der Waals surface area contributed by atoms with Crippen LogP contribution in [0.15, 0.2) is 36.4 Å². The topological polar surface area (TPSA) is 69.6 Å². The largest absolute Gasteiger partial charge is 0.477 e. The van der Waals surface area contributed by atoms with E-state index in [-0.39, 0.29) is 10.8 Å². The summed E-state index contributed by atoms with van der Waals surface area (Å²) in [6.07, 6.45) is 1.96. The van der Waals surface area contributed by atoms with Crippen LogP contribution in [-0.4, -0.2) is 41.5 Å². The molecule has 0 bridgehead atoms. The van der Waals surface area contributed by atoms with Gasteiger partial charge in [0.05, 0.1) is 4.88 Å². The Morgan fingerprint density at radius 2 is 1.88 bits per heavy atom. The first-order valence-corrected chi connectivity index (χ1v) is 8.85. The number of aromatic carboxylic acids is 1. The minimum Gasteiger partial charge on any atom is -0.477 e. The van der Waals surface area contributed by atoms with Crippen molar-refractivity contribution < 1.29 is 14.7 Å². The summed E-state index contributed by atoms with van der Waals surface area (Å²) in [5, 5.41) is 11.7. The molecular weight excluding hydrogens is 324 g/mol. The van der Waals surface area contributed by atoms with Crippen molar-refractivity contribution in [3.8, 4) is 0 Å². The Labute approximate surface area is 144 Å². The summed E-state index contributed by atoms with van der Waals surface area (Å²) in [6, 6.07) is 11.6. The Morgan fingerprint density at radius 1 is 1.12 bits per heavy atom. The van der Waals surface area contributed by atoms with Crippen LogP contribution in [0, 0.1) is 0 Å². The number of carboxylic acid groups (broad SMARTS) is 1. The number of amides is 1. The molecule has 2 heterocycles. The summed E-state index contributed by atoms with van der Waals surface area (Å²) >= 11 is 1.01. The molecule has 1 aliphatic rings. The molecule has 0 saturated heterocycles. The highest BCUT2D eigenvalue weighted by Crippen LogP contribution is 2.18. The van der Waals surface area contributed by atoms with E-state index in [1.165, 1.54) is 17.2 Å². The highest BCUT2D eigenvalue weighted by atomic mass is 32.1. The van der Waals surface area contributed by atoms with Crippen LogP contribution >= 0.6 is 11.3 Å². The molecule has 0 aliphatic carbocycles. The van der Waals surface area contributed by atoms with Crippen molar-refractivity contribution in [1.29, 1.82) is 0 Å². The van der Waals surface area contributed by atoms with Gasteiger partial charge in [0.25, 0.3) is 5.91 Å². The average molecular weight is 344 g/mol. The van der Waals surface area contributed by atoms with E-state index in [9.17, 15) is 9.59 Å². The standard InChI is InChI=1S/C18H20N2O3S/c21-17(15-6-7-16(24-15)18(22)23)19-9-3-10-20-11-8-13-4-1-2-5-14(13)12-20/h1-2,4-7H,3,8-12H2,(H,19,21)(H,22,23). The molecule has 2 aromatic rings. The second-order valence-electron chi connectivity index (χ2n) is 5.87. The fourth-order valence-electron chi connectivity index (χ4n) is 2.91. The van der Waals surface area contributed by atoms with Crippen LogP contribution in [0.1, 0.15) is 36.9 Å². The van der Waals surface area contributed by atoms with Crippen molar-refractivity contribution in [2.24, 2.45) is 0 Å². The molecule has 0 atom stereocenters. The highest BCUT2D eigenvalue weighted by Gasteiger charge is 2.15. The van der Waals surface area contributed by atoms with Crippen LogP contribution in [0.5, 0.6) is 0 Å². The van der Waals surface area contributed by atoms with Crippen molar-refractivity contribution in [2.45, 2.75) is 19.4 Å². The molecule has 6 heteroatoms. The average Bonchev–Trinajstić information content (AvgIpc) is 3.09. The van der Waals surface area contributed by atoms with Gasteiger partial charge in [0.1, 0.15) is 4.88 Å². The summed E-state index contributed by atoms with van der Waals surface area (Å²) in [6.45, 7) is 3.56. The first kappa shape index (κ1) is 16.7. The molecule has 1 aliphatic heterocycles. The molecule has 24 heavy (non-hydrogen) atoms. The Morgan fingerprint density at radius 3 is 2.62 bits per heavy atom. The fourth-order valence-corrected chi connectivity index (χ4v) is 3.67. The van der Waals surface area contributed by atoms with Gasteiger partial charge in [-0.2, -0.15) is 0 Å². The molecule has 0 fully saturated rings. The number of thiophene rings is 1. The van der Waals surface area contributed by atoms with Crippen molar-refractivity contribution in [3.05, 3.63) is 57.3 Å². The molecule has 3 rings (SSSR count). The molecule has 2 N–H and O–H groups in total. The number of carbonyl (C=O) groups is 2. The van der Waals surface area contributed by atoms with Crippen LogP contribution < -0.4 is 5.32 Å². The number of benzene rings is 1. The Kier molecular flexibility index (Phi) is 5.27. The predicted octanol–water partition coefficient (Wildman–Crippen LogP) is 2.62. The van der Waals surface area contributed by atoms with E-state index in [0.717, 1.165) is 43.8 Å². The lowest BCUT2D eigenvalue weighted by Crippen LogP contribution is -2.33. The Bertz CT molecular complexity index is 741. The number of carbonyl (C=O) groups excluding carboxylic acids is 1. The predicted molar refractivity (Wildman–Crippen MR) is 93.7 cm³/mol. The van der Waals surface area contributed by atoms with Gasteiger partial charge < -0.3 is 10.4 Å². The summed E-state index contributed by atoms with van der Waals surface area (Å²) in [7, 11) is 0. The smallest absolute Gasteiger partial charge is 0.345 e. The SMILES string of the molecule is O=C(O)c1ccc(C(=O)NCCCN2CCc3ccccc3C2)s1. The lowest BCUT2D eigenvalue weighted by molar-refractivity contribution is 0.0702. The zero-order valence-electron chi connectivity index (χ0n) is 13.3. The zero-order valence-corrected chi connectivity index (χ0v) is 14.1. The van der Waals surface area contributed by atoms with Gasteiger partial charge in [-0.1, -0.05) is 24.3 Å². The molecule has 1 aromatic heterocycles. The number of nitrogens with one attached hydrogen (secondary N) is 1. The number of fused-ring (bicyclic) bond motifs is 1. The summed E-state index contributed by atoms with van der Waals surface area (Å²) in [4.78, 5) is 25.9. The van der Waals surface area contributed by atoms with Gasteiger partial charge in [0, 0.05) is 26.2 Å². The Balaban J connectivity index is 1.41. The summed E-state index contributed by atoms with van der Waals surface area (Å²) in [5.74, 6) is -1.19. The number of hydrogen-bond acceptors (Lipinski definition) is 4. The number of carboxylic acids is 1. The molecule has 0 unspecified atom stereocenters. The number of hydrogen-bond donors (Lipinski definition) is 2. The van der Waals surface area contributed by atoms with E-state index in [1.54, 1.807) is 6.07 Å². The van der Waals surface area contributed by atoms with Crippen LogP contribution in [0.2, 0.25) is 0 Å². The van der Waals surface area contributed by atoms with E-state index >= 15 is 0 Å². The first-order chi connectivity index (χ1) is 11.6. The number of nitrogens with zero attached hydrogens (tertiary/aromatic N) is 1. The maximum atomic E-state index is 12.0. The quantitative estimate of drug-likeness (QED) is 0.791. The second-order valence-corrected chi connectivity index (χ2v) is 6.96. The zero-order chi connectivity index (χ0) is 16.9. The van der Waals surface area contributed by atoms with Gasteiger partial charge in [0.2, 0.25) is 0 Å². The minimum absolute atomic E-state index is 0.187. The van der Waals surface area contributed by atoms with Crippen LogP contribution in [-0.2, 0) is 13.0 Å². The van der Waals surface area contributed by atoms with Gasteiger partial charge in [0.15, 0.2) is 0 Å². The van der Waals surface area contributed by atoms with E-state index in [2.05, 4.69) is 34.5 Å². The van der Waals surface area contributed by atoms with Gasteiger partial charge in [-0.05, 0) is 36.1 Å². The molecule has 5 nitrogen and oxygen atoms in total. The third-order valence-electron chi connectivity index (χ3n) is 4.19. The lowest BCUT2D eigenvalue weighted by atomic mass is 10.00. The summed E-state index contributed by atoms with van der Waals surface area (Å²) in [5.41, 5.74) is 2.83. The third kappa shape index (κ3) is 4.01. The molecule has 0 saturated carbocycles. The van der Waals surface area contributed by atoms with Crippen molar-refractivity contribution in [2.75, 3.05) is 19.6 Å². The molecule has 126 valence electrons. The van der Waals surface area contributed by atoms with E-state index in [4.69, 9.17) is 5.11 Å². The second kappa shape index (κ2) is 7.59. The Hall–Kier alpha value is -2.18. The van der Waals surface area contributed by atoms with Crippen molar-refractivity contribution in [3.63, 3.8) is 0 Å². The highest BCUT2D eigenvalue weighted by molar-refractivity contribution is 7.15. The molecular formula is C18H20N2O3S. The van der Waals surface area contributed by atoms with E-state index in [1.807, 2.05) is 0 Å². The van der Waals surface area contributed by atoms with E-state index < -0.39 is 5.97 Å². The minimum atomic E-state index is -0.996. The maximum absolute atomic E-state index is 12.0. The van der Waals surface area contributed by atoms with Gasteiger partial charge >= 0.3 is 5.97 Å². The lowest BCUT2D eigenvalue weighted by Gasteiger charge is -2.28. The molecule has 1 amide bonds. The molecule has 1 aromatic carbocycles. The third-order valence-corrected chi connectivity index (χ3v) is 5.26. The van der Waals surface area contributed by atoms with Gasteiger partial charge in [-0.25, -0.2) is 4.79 Å². The van der Waals surface area contributed by atoms with Gasteiger partial charge in [-0.15, -0.1) is 11.3 Å². The van der Waals surface area contributed by atoms with Crippen LogP contribution in [0.4, 0.5) is 0 Å². The molecule has 0 radical (unpaired) electrons. The van der Waals surface area contributed by atoms with Gasteiger partial charge in [-0.3, -0.25) is 9.69 Å². The van der Waals surface area contributed by atoms with Crippen LogP contribution in [0.25, 0.3) is 0 Å².